The number of ether oxygens (including phenoxy) is 1. The Morgan fingerprint density at radius 2 is 2.20 bits per heavy atom. The van der Waals surface area contributed by atoms with E-state index >= 15 is 0 Å². The lowest BCUT2D eigenvalue weighted by Crippen LogP contribution is -1.98. The van der Waals surface area contributed by atoms with Gasteiger partial charge in [-0.05, 0) is 19.1 Å². The quantitative estimate of drug-likeness (QED) is 0.763. The first kappa shape index (κ1) is 11.8. The van der Waals surface area contributed by atoms with Gasteiger partial charge in [-0.15, -0.1) is 0 Å². The van der Waals surface area contributed by atoms with E-state index in [2.05, 4.69) is 0 Å². The highest BCUT2D eigenvalue weighted by Crippen LogP contribution is 2.24. The van der Waals surface area contributed by atoms with E-state index in [0.29, 0.717) is 12.4 Å². The van der Waals surface area contributed by atoms with Crippen molar-refractivity contribution in [1.82, 2.24) is 0 Å². The van der Waals surface area contributed by atoms with Gasteiger partial charge in [-0.25, -0.2) is 8.42 Å². The molecule has 0 unspecified atom stereocenters. The Balaban J connectivity index is 3.34. The lowest BCUT2D eigenvalue weighted by atomic mass is 10.2. The zero-order valence-corrected chi connectivity index (χ0v) is 9.47. The number of benzene rings is 1. The number of nitriles is 1. The summed E-state index contributed by atoms with van der Waals surface area (Å²) < 4.78 is 27.4. The molecule has 0 spiro atoms. The minimum atomic E-state index is -3.92. The Kier molecular flexibility index (Phi) is 3.56. The molecule has 0 fully saturated rings. The molecule has 0 aromatic heterocycles. The van der Waals surface area contributed by atoms with Gasteiger partial charge in [-0.3, -0.25) is 0 Å². The summed E-state index contributed by atoms with van der Waals surface area (Å²) in [4.78, 5) is -0.224. The minimum Gasteiger partial charge on any atom is -0.494 e. The molecular weight excluding hydrogens is 238 g/mol. The lowest BCUT2D eigenvalue weighted by molar-refractivity contribution is 0.339. The molecule has 1 rings (SSSR count). The first-order valence-electron chi connectivity index (χ1n) is 4.10. The number of halogens is 1. The predicted octanol–water partition coefficient (Wildman–Crippen LogP) is 1.88. The molecule has 0 heterocycles. The third-order valence-electron chi connectivity index (χ3n) is 1.65. The van der Waals surface area contributed by atoms with Crippen LogP contribution in [-0.2, 0) is 9.05 Å². The van der Waals surface area contributed by atoms with Gasteiger partial charge in [0, 0.05) is 16.7 Å². The monoisotopic (exact) mass is 245 g/mol. The van der Waals surface area contributed by atoms with Crippen molar-refractivity contribution in [3.8, 4) is 11.8 Å². The standard InChI is InChI=1S/C9H8ClNO3S/c1-2-14-8-4-3-7(6-11)9(5-8)15(10,12)13/h3-5H,2H2,1H3. The van der Waals surface area contributed by atoms with Crippen molar-refractivity contribution in [2.75, 3.05) is 6.61 Å². The molecule has 0 aliphatic rings. The number of hydrogen-bond acceptors (Lipinski definition) is 4. The van der Waals surface area contributed by atoms with E-state index in [1.165, 1.54) is 18.2 Å². The molecule has 0 aliphatic heterocycles. The smallest absolute Gasteiger partial charge is 0.262 e. The molecule has 0 N–H and O–H groups in total. The summed E-state index contributed by atoms with van der Waals surface area (Å²) in [6.07, 6.45) is 0. The minimum absolute atomic E-state index is 0.00783. The Morgan fingerprint density at radius 1 is 1.53 bits per heavy atom. The third kappa shape index (κ3) is 2.85. The molecule has 0 radical (unpaired) electrons. The van der Waals surface area contributed by atoms with Gasteiger partial charge in [0.05, 0.1) is 12.2 Å². The van der Waals surface area contributed by atoms with Crippen LogP contribution in [0.1, 0.15) is 12.5 Å². The fraction of sp³-hybridized carbons (Fsp3) is 0.222. The van der Waals surface area contributed by atoms with Crippen LogP contribution in [0.25, 0.3) is 0 Å². The average Bonchev–Trinajstić information content (AvgIpc) is 2.17. The van der Waals surface area contributed by atoms with Crippen LogP contribution in [0.5, 0.6) is 5.75 Å². The summed E-state index contributed by atoms with van der Waals surface area (Å²) in [5, 5.41) is 8.69. The fourth-order valence-corrected chi connectivity index (χ4v) is 2.07. The first-order valence-corrected chi connectivity index (χ1v) is 6.41. The molecule has 15 heavy (non-hydrogen) atoms. The Bertz CT molecular complexity index is 505. The molecule has 0 aliphatic carbocycles. The van der Waals surface area contributed by atoms with Gasteiger partial charge in [0.1, 0.15) is 16.7 Å². The summed E-state index contributed by atoms with van der Waals surface area (Å²) in [5.41, 5.74) is 0.00783. The average molecular weight is 246 g/mol. The van der Waals surface area contributed by atoms with Gasteiger partial charge >= 0.3 is 0 Å². The fourth-order valence-electron chi connectivity index (χ4n) is 1.05. The van der Waals surface area contributed by atoms with Crippen LogP contribution < -0.4 is 4.74 Å². The maximum Gasteiger partial charge on any atom is 0.262 e. The maximum atomic E-state index is 11.1. The SMILES string of the molecule is CCOc1ccc(C#N)c(S(=O)(=O)Cl)c1. The molecule has 0 atom stereocenters. The number of hydrogen-bond donors (Lipinski definition) is 0. The molecule has 6 heteroatoms. The van der Waals surface area contributed by atoms with Crippen molar-refractivity contribution in [2.24, 2.45) is 0 Å². The summed E-state index contributed by atoms with van der Waals surface area (Å²) in [7, 11) is 1.26. The zero-order chi connectivity index (χ0) is 11.5. The van der Waals surface area contributed by atoms with Gasteiger partial charge in [0.2, 0.25) is 0 Å². The van der Waals surface area contributed by atoms with Crippen molar-refractivity contribution < 1.29 is 13.2 Å². The van der Waals surface area contributed by atoms with Gasteiger partial charge in [-0.2, -0.15) is 5.26 Å². The van der Waals surface area contributed by atoms with Crippen LogP contribution in [-0.4, -0.2) is 15.0 Å². The van der Waals surface area contributed by atoms with E-state index < -0.39 is 9.05 Å². The van der Waals surface area contributed by atoms with Crippen molar-refractivity contribution in [3.63, 3.8) is 0 Å². The normalized spacial score (nSPS) is 10.7. The van der Waals surface area contributed by atoms with E-state index in [0.717, 1.165) is 0 Å². The summed E-state index contributed by atoms with van der Waals surface area (Å²) in [5.74, 6) is 0.371. The highest BCUT2D eigenvalue weighted by molar-refractivity contribution is 8.13. The predicted molar refractivity (Wildman–Crippen MR) is 55.4 cm³/mol. The van der Waals surface area contributed by atoms with Crippen molar-refractivity contribution in [1.29, 1.82) is 5.26 Å². The second-order valence-electron chi connectivity index (χ2n) is 2.64. The second-order valence-corrected chi connectivity index (χ2v) is 5.17. The second kappa shape index (κ2) is 4.51. The Morgan fingerprint density at radius 3 is 2.67 bits per heavy atom. The van der Waals surface area contributed by atoms with E-state index in [1.807, 2.05) is 0 Å². The Labute approximate surface area is 92.5 Å². The highest BCUT2D eigenvalue weighted by atomic mass is 35.7. The van der Waals surface area contributed by atoms with E-state index in [1.54, 1.807) is 13.0 Å². The van der Waals surface area contributed by atoms with Gasteiger partial charge in [-0.1, -0.05) is 0 Å². The van der Waals surface area contributed by atoms with Crippen LogP contribution in [0.2, 0.25) is 0 Å². The number of nitrogens with zero attached hydrogens (tertiary/aromatic N) is 1. The summed E-state index contributed by atoms with van der Waals surface area (Å²) in [6.45, 7) is 2.18. The van der Waals surface area contributed by atoms with Crippen molar-refractivity contribution in [3.05, 3.63) is 23.8 Å². The topological polar surface area (TPSA) is 67.2 Å². The molecule has 0 amide bonds. The number of rotatable bonds is 3. The van der Waals surface area contributed by atoms with Crippen molar-refractivity contribution in [2.45, 2.75) is 11.8 Å². The molecule has 1 aromatic carbocycles. The third-order valence-corrected chi connectivity index (χ3v) is 3.01. The highest BCUT2D eigenvalue weighted by Gasteiger charge is 2.16. The Hall–Kier alpha value is -1.25. The zero-order valence-electron chi connectivity index (χ0n) is 7.90. The molecule has 80 valence electrons. The van der Waals surface area contributed by atoms with Crippen LogP contribution in [0.4, 0.5) is 0 Å². The van der Waals surface area contributed by atoms with E-state index in [9.17, 15) is 8.42 Å². The molecule has 4 nitrogen and oxygen atoms in total. The van der Waals surface area contributed by atoms with Crippen LogP contribution >= 0.6 is 10.7 Å². The summed E-state index contributed by atoms with van der Waals surface area (Å²) >= 11 is 0. The summed E-state index contributed by atoms with van der Waals surface area (Å²) in [6, 6.07) is 5.88. The largest absolute Gasteiger partial charge is 0.494 e. The van der Waals surface area contributed by atoms with Gasteiger partial charge in [0.25, 0.3) is 9.05 Å². The van der Waals surface area contributed by atoms with Crippen LogP contribution in [0, 0.1) is 11.3 Å². The van der Waals surface area contributed by atoms with E-state index in [4.69, 9.17) is 20.7 Å². The van der Waals surface area contributed by atoms with Crippen molar-refractivity contribution >= 4 is 19.7 Å². The maximum absolute atomic E-state index is 11.1. The first-order chi connectivity index (χ1) is 6.99. The molecule has 1 aromatic rings. The van der Waals surface area contributed by atoms with E-state index in [-0.39, 0.29) is 10.5 Å². The van der Waals surface area contributed by atoms with Crippen LogP contribution in [0.15, 0.2) is 23.1 Å². The molecule has 0 saturated carbocycles. The van der Waals surface area contributed by atoms with Gasteiger partial charge in [0.15, 0.2) is 0 Å². The molecule has 0 bridgehead atoms. The van der Waals surface area contributed by atoms with Crippen LogP contribution in [0.3, 0.4) is 0 Å². The molecular formula is C9H8ClNO3S. The lowest BCUT2D eigenvalue weighted by Gasteiger charge is -2.05. The molecule has 0 saturated heterocycles. The van der Waals surface area contributed by atoms with Gasteiger partial charge < -0.3 is 4.74 Å².